The molecule has 0 amide bonds. The predicted octanol–water partition coefficient (Wildman–Crippen LogP) is 2.21. The van der Waals surface area contributed by atoms with Gasteiger partial charge in [-0.15, -0.1) is 0 Å². The van der Waals surface area contributed by atoms with Gasteiger partial charge in [-0.3, -0.25) is 10.1 Å². The van der Waals surface area contributed by atoms with Crippen LogP contribution in [0.3, 0.4) is 0 Å². The molecule has 0 N–H and O–H groups in total. The van der Waals surface area contributed by atoms with Crippen molar-refractivity contribution in [3.8, 4) is 0 Å². The number of thiol groups is 1. The van der Waals surface area contributed by atoms with E-state index in [1.165, 1.54) is 12.1 Å². The van der Waals surface area contributed by atoms with E-state index in [2.05, 4.69) is 12.6 Å². The summed E-state index contributed by atoms with van der Waals surface area (Å²) in [7, 11) is 0. The molecule has 0 spiro atoms. The van der Waals surface area contributed by atoms with Gasteiger partial charge in [0, 0.05) is 6.07 Å². The topological polar surface area (TPSA) is 43.1 Å². The van der Waals surface area contributed by atoms with Crippen LogP contribution in [0.4, 0.5) is 10.1 Å². The van der Waals surface area contributed by atoms with Gasteiger partial charge in [0.25, 0.3) is 0 Å². The molecule has 0 atom stereocenters. The molecule has 0 fully saturated rings. The summed E-state index contributed by atoms with van der Waals surface area (Å²) >= 11 is 3.93. The Bertz CT molecular complexity index is 330. The Hall–Kier alpha value is -1.10. The van der Waals surface area contributed by atoms with Crippen LogP contribution in [-0.2, 0) is 6.42 Å². The van der Waals surface area contributed by atoms with Crippen molar-refractivity contribution in [3.05, 3.63) is 39.7 Å². The summed E-state index contributed by atoms with van der Waals surface area (Å²) < 4.78 is 13.2. The number of aryl methyl sites for hydroxylation is 1. The van der Waals surface area contributed by atoms with Crippen LogP contribution in [0, 0.1) is 15.9 Å². The smallest absolute Gasteiger partial charge is 0.258 e. The number of nitro benzene ring substituents is 1. The van der Waals surface area contributed by atoms with Crippen molar-refractivity contribution in [1.82, 2.24) is 0 Å². The molecule has 0 radical (unpaired) electrons. The molecule has 0 aliphatic carbocycles. The minimum absolute atomic E-state index is 0.337. The minimum atomic E-state index is -0.749. The molecule has 0 heterocycles. The number of nitrogens with zero attached hydrogens (tertiary/aromatic N) is 1. The third kappa shape index (κ3) is 2.18. The maximum Gasteiger partial charge on any atom is 0.305 e. The molecule has 0 bridgehead atoms. The first-order chi connectivity index (χ1) is 6.16. The van der Waals surface area contributed by atoms with Crippen LogP contribution in [-0.4, -0.2) is 10.7 Å². The van der Waals surface area contributed by atoms with Crippen molar-refractivity contribution in [2.75, 3.05) is 5.75 Å². The van der Waals surface area contributed by atoms with E-state index in [1.807, 2.05) is 0 Å². The molecular weight excluding hydrogens is 193 g/mol. The molecule has 5 heteroatoms. The van der Waals surface area contributed by atoms with Gasteiger partial charge in [-0.2, -0.15) is 17.0 Å². The van der Waals surface area contributed by atoms with E-state index < -0.39 is 16.4 Å². The van der Waals surface area contributed by atoms with Gasteiger partial charge in [-0.05, 0) is 17.7 Å². The third-order valence-electron chi connectivity index (χ3n) is 1.64. The van der Waals surface area contributed by atoms with Crippen LogP contribution >= 0.6 is 12.6 Å². The van der Waals surface area contributed by atoms with Gasteiger partial charge >= 0.3 is 5.69 Å². The lowest BCUT2D eigenvalue weighted by Gasteiger charge is -2.00. The second-order valence-corrected chi connectivity index (χ2v) is 2.93. The summed E-state index contributed by atoms with van der Waals surface area (Å²) in [5.74, 6) is -0.278. The summed E-state index contributed by atoms with van der Waals surface area (Å²) in [6.45, 7) is 0. The molecule has 1 aromatic carbocycles. The maximum atomic E-state index is 13.2. The summed E-state index contributed by atoms with van der Waals surface area (Å²) in [6.07, 6.45) is 0.399. The first kappa shape index (κ1) is 9.98. The SMILES string of the molecule is O=[N+]([O-])c1cccc(CCS)c1F. The third-order valence-corrected chi connectivity index (χ3v) is 1.86. The lowest BCUT2D eigenvalue weighted by Crippen LogP contribution is -1.97. The normalized spacial score (nSPS) is 10.0. The van der Waals surface area contributed by atoms with E-state index in [1.54, 1.807) is 0 Å². The van der Waals surface area contributed by atoms with E-state index in [0.717, 1.165) is 6.07 Å². The fraction of sp³-hybridized carbons (Fsp3) is 0.250. The Morgan fingerprint density at radius 3 is 2.77 bits per heavy atom. The second-order valence-electron chi connectivity index (χ2n) is 2.48. The molecule has 0 aromatic heterocycles. The highest BCUT2D eigenvalue weighted by molar-refractivity contribution is 7.80. The summed E-state index contributed by atoms with van der Waals surface area (Å²) in [4.78, 5) is 9.60. The van der Waals surface area contributed by atoms with Gasteiger partial charge in [-0.25, -0.2) is 0 Å². The number of halogens is 1. The summed E-state index contributed by atoms with van der Waals surface area (Å²) in [5, 5.41) is 10.3. The van der Waals surface area contributed by atoms with Gasteiger partial charge in [0.15, 0.2) is 0 Å². The quantitative estimate of drug-likeness (QED) is 0.463. The zero-order valence-corrected chi connectivity index (χ0v) is 7.63. The van der Waals surface area contributed by atoms with Crippen LogP contribution in [0.15, 0.2) is 18.2 Å². The number of benzene rings is 1. The van der Waals surface area contributed by atoms with Crippen molar-refractivity contribution in [2.45, 2.75) is 6.42 Å². The first-order valence-electron chi connectivity index (χ1n) is 3.69. The molecule has 0 unspecified atom stereocenters. The van der Waals surface area contributed by atoms with Crippen molar-refractivity contribution >= 4 is 18.3 Å². The van der Waals surface area contributed by atoms with Crippen LogP contribution in [0.2, 0.25) is 0 Å². The highest BCUT2D eigenvalue weighted by Crippen LogP contribution is 2.20. The van der Waals surface area contributed by atoms with Gasteiger partial charge in [0.1, 0.15) is 0 Å². The van der Waals surface area contributed by atoms with Crippen LogP contribution in [0.5, 0.6) is 0 Å². The highest BCUT2D eigenvalue weighted by atomic mass is 32.1. The van der Waals surface area contributed by atoms with Crippen molar-refractivity contribution in [2.24, 2.45) is 0 Å². The standard InChI is InChI=1S/C8H8FNO2S/c9-8-6(4-5-13)2-1-3-7(8)10(11)12/h1-3,13H,4-5H2. The molecule has 1 aromatic rings. The number of hydrogen-bond donors (Lipinski definition) is 1. The highest BCUT2D eigenvalue weighted by Gasteiger charge is 2.15. The van der Waals surface area contributed by atoms with Crippen molar-refractivity contribution < 1.29 is 9.31 Å². The molecule has 1 rings (SSSR count). The maximum absolute atomic E-state index is 13.2. The lowest BCUT2D eigenvalue weighted by atomic mass is 10.1. The van der Waals surface area contributed by atoms with Crippen molar-refractivity contribution in [1.29, 1.82) is 0 Å². The van der Waals surface area contributed by atoms with Crippen molar-refractivity contribution in [3.63, 3.8) is 0 Å². The zero-order chi connectivity index (χ0) is 9.84. The molecule has 0 aliphatic rings. The monoisotopic (exact) mass is 201 g/mol. The fourth-order valence-corrected chi connectivity index (χ4v) is 1.26. The molecule has 70 valence electrons. The zero-order valence-electron chi connectivity index (χ0n) is 6.74. The molecule has 0 saturated carbocycles. The van der Waals surface area contributed by atoms with Crippen LogP contribution in [0.25, 0.3) is 0 Å². The summed E-state index contributed by atoms with van der Waals surface area (Å²) in [6, 6.07) is 4.15. The van der Waals surface area contributed by atoms with Gasteiger partial charge in [0.2, 0.25) is 5.82 Å². The lowest BCUT2D eigenvalue weighted by molar-refractivity contribution is -0.387. The second kappa shape index (κ2) is 4.23. The van der Waals surface area contributed by atoms with Crippen LogP contribution in [0.1, 0.15) is 5.56 Å². The first-order valence-corrected chi connectivity index (χ1v) is 4.32. The summed E-state index contributed by atoms with van der Waals surface area (Å²) in [5.41, 5.74) is -0.136. The number of rotatable bonds is 3. The van der Waals surface area contributed by atoms with Crippen LogP contribution < -0.4 is 0 Å². The van der Waals surface area contributed by atoms with Gasteiger partial charge in [0.05, 0.1) is 4.92 Å². The minimum Gasteiger partial charge on any atom is -0.258 e. The average molecular weight is 201 g/mol. The molecule has 0 saturated heterocycles. The molecule has 13 heavy (non-hydrogen) atoms. The van der Waals surface area contributed by atoms with E-state index in [0.29, 0.717) is 17.7 Å². The van der Waals surface area contributed by atoms with E-state index in [-0.39, 0.29) is 0 Å². The molecule has 3 nitrogen and oxygen atoms in total. The van der Waals surface area contributed by atoms with Gasteiger partial charge < -0.3 is 0 Å². The number of hydrogen-bond acceptors (Lipinski definition) is 3. The fourth-order valence-electron chi connectivity index (χ4n) is 1.02. The predicted molar refractivity (Wildman–Crippen MR) is 50.6 cm³/mol. The Morgan fingerprint density at radius 1 is 1.54 bits per heavy atom. The largest absolute Gasteiger partial charge is 0.305 e. The van der Waals surface area contributed by atoms with E-state index in [9.17, 15) is 14.5 Å². The van der Waals surface area contributed by atoms with Gasteiger partial charge in [-0.1, -0.05) is 12.1 Å². The average Bonchev–Trinajstić information content (AvgIpc) is 2.08. The Labute approximate surface area is 80.1 Å². The Morgan fingerprint density at radius 2 is 2.23 bits per heavy atom. The molecular formula is C8H8FNO2S. The number of nitro groups is 1. The van der Waals surface area contributed by atoms with E-state index in [4.69, 9.17) is 0 Å². The Kier molecular flexibility index (Phi) is 3.25. The Balaban J connectivity index is 3.10. The van der Waals surface area contributed by atoms with E-state index >= 15 is 0 Å². The molecule has 0 aliphatic heterocycles.